The lowest BCUT2D eigenvalue weighted by Crippen LogP contribution is -2.21. The molecule has 3 N–H and O–H groups in total. The van der Waals surface area contributed by atoms with E-state index < -0.39 is 0 Å². The summed E-state index contributed by atoms with van der Waals surface area (Å²) >= 11 is 0. The van der Waals surface area contributed by atoms with Crippen LogP contribution in [0.1, 0.15) is 76.2 Å². The summed E-state index contributed by atoms with van der Waals surface area (Å²) in [6.07, 6.45) is 26.9. The van der Waals surface area contributed by atoms with Gasteiger partial charge in [0.1, 0.15) is 5.75 Å². The van der Waals surface area contributed by atoms with Crippen molar-refractivity contribution in [3.8, 4) is 5.75 Å². The smallest absolute Gasteiger partial charge is 0.224 e. The predicted octanol–water partition coefficient (Wildman–Crippen LogP) is 6.72. The Morgan fingerprint density at radius 1 is 0.862 bits per heavy atom. The van der Waals surface area contributed by atoms with Crippen LogP contribution in [0.5, 0.6) is 5.75 Å². The van der Waals surface area contributed by atoms with Gasteiger partial charge < -0.3 is 10.8 Å². The second-order valence-corrected chi connectivity index (χ2v) is 7.21. The molecule has 1 amide bonds. The molecule has 0 fully saturated rings. The molecule has 1 rings (SSSR count). The third-order valence-corrected chi connectivity index (χ3v) is 4.72. The summed E-state index contributed by atoms with van der Waals surface area (Å²) < 4.78 is 0. The molecule has 0 saturated heterocycles. The fourth-order valence-corrected chi connectivity index (χ4v) is 3.00. The summed E-state index contributed by atoms with van der Waals surface area (Å²) in [6.45, 7) is 2.23. The summed E-state index contributed by atoms with van der Waals surface area (Å²) in [7, 11) is 0. The lowest BCUT2D eigenvalue weighted by molar-refractivity contribution is -0.119. The normalized spacial score (nSPS) is 13.3. The number of unbranched alkanes of at least 4 members (excludes halogenated alkanes) is 3. The molecule has 0 aliphatic carbocycles. The van der Waals surface area contributed by atoms with E-state index in [1.807, 2.05) is 0 Å². The fraction of sp³-hybridized carbons (Fsp3) is 0.423. The number of carbonyl (C=O) groups excluding carboxylic acids is 1. The molecule has 0 aromatic heterocycles. The topological polar surface area (TPSA) is 63.3 Å². The molecule has 0 spiro atoms. The molecule has 1 aromatic carbocycles. The molecule has 1 atom stereocenters. The summed E-state index contributed by atoms with van der Waals surface area (Å²) in [5, 5.41) is 9.36. The van der Waals surface area contributed by atoms with E-state index in [4.69, 9.17) is 5.73 Å². The number of phenols is 1. The molecule has 0 aliphatic rings. The number of amides is 1. The van der Waals surface area contributed by atoms with Gasteiger partial charge in [-0.1, -0.05) is 80.5 Å². The van der Waals surface area contributed by atoms with Crippen molar-refractivity contribution in [2.75, 3.05) is 0 Å². The van der Waals surface area contributed by atoms with E-state index in [-0.39, 0.29) is 17.6 Å². The molecule has 0 saturated carbocycles. The van der Waals surface area contributed by atoms with Crippen LogP contribution in [0.2, 0.25) is 0 Å². The van der Waals surface area contributed by atoms with Gasteiger partial charge in [-0.05, 0) is 62.6 Å². The Bertz CT molecular complexity index is 668. The summed E-state index contributed by atoms with van der Waals surface area (Å²) in [4.78, 5) is 11.7. The van der Waals surface area contributed by atoms with Crippen LogP contribution in [0.3, 0.4) is 0 Å². The second kappa shape index (κ2) is 16.4. The number of rotatable bonds is 15. The highest BCUT2D eigenvalue weighted by atomic mass is 16.3. The van der Waals surface area contributed by atoms with Gasteiger partial charge in [-0.15, -0.1) is 0 Å². The first-order chi connectivity index (χ1) is 14.1. The van der Waals surface area contributed by atoms with Gasteiger partial charge in [-0.2, -0.15) is 0 Å². The van der Waals surface area contributed by atoms with E-state index >= 15 is 0 Å². The van der Waals surface area contributed by atoms with Gasteiger partial charge in [0, 0.05) is 0 Å². The highest BCUT2D eigenvalue weighted by Gasteiger charge is 2.16. The average Bonchev–Trinajstić information content (AvgIpc) is 2.71. The van der Waals surface area contributed by atoms with Gasteiger partial charge in [0.05, 0.1) is 5.92 Å². The Kier molecular flexibility index (Phi) is 13.9. The van der Waals surface area contributed by atoms with Crippen LogP contribution in [-0.4, -0.2) is 11.0 Å². The van der Waals surface area contributed by atoms with Crippen LogP contribution in [-0.2, 0) is 4.79 Å². The zero-order valence-corrected chi connectivity index (χ0v) is 17.8. The quantitative estimate of drug-likeness (QED) is 0.256. The molecule has 0 heterocycles. The number of hydrogen-bond donors (Lipinski definition) is 2. The average molecular weight is 396 g/mol. The minimum Gasteiger partial charge on any atom is -0.508 e. The number of allylic oxidation sites excluding steroid dienone is 8. The maximum atomic E-state index is 11.7. The Balaban J connectivity index is 2.16. The minimum absolute atomic E-state index is 0.192. The number of benzene rings is 1. The van der Waals surface area contributed by atoms with Gasteiger partial charge in [0.25, 0.3) is 0 Å². The van der Waals surface area contributed by atoms with Crippen LogP contribution in [0.4, 0.5) is 0 Å². The molecular formula is C26H37NO2. The van der Waals surface area contributed by atoms with Crippen molar-refractivity contribution >= 4 is 5.91 Å². The van der Waals surface area contributed by atoms with E-state index in [2.05, 4.69) is 55.5 Å². The van der Waals surface area contributed by atoms with Gasteiger partial charge in [-0.3, -0.25) is 4.79 Å². The lowest BCUT2D eigenvalue weighted by atomic mass is 9.93. The fourth-order valence-electron chi connectivity index (χ4n) is 3.00. The maximum Gasteiger partial charge on any atom is 0.224 e. The van der Waals surface area contributed by atoms with Gasteiger partial charge in [0.2, 0.25) is 5.91 Å². The Morgan fingerprint density at radius 2 is 1.38 bits per heavy atom. The molecule has 3 nitrogen and oxygen atoms in total. The SMILES string of the molecule is CCCCCC=CCC=CCC=CCC=CCCC(C(N)=O)c1ccc(O)cc1. The van der Waals surface area contributed by atoms with Crippen LogP contribution in [0, 0.1) is 0 Å². The number of hydrogen-bond acceptors (Lipinski definition) is 2. The summed E-state index contributed by atoms with van der Waals surface area (Å²) in [5.41, 5.74) is 6.38. The lowest BCUT2D eigenvalue weighted by Gasteiger charge is -2.12. The Hall–Kier alpha value is -2.55. The van der Waals surface area contributed by atoms with E-state index in [0.29, 0.717) is 6.42 Å². The highest BCUT2D eigenvalue weighted by molar-refractivity contribution is 5.81. The molecule has 3 heteroatoms. The first-order valence-electron chi connectivity index (χ1n) is 10.8. The van der Waals surface area contributed by atoms with Crippen molar-refractivity contribution in [3.63, 3.8) is 0 Å². The largest absolute Gasteiger partial charge is 0.508 e. The Labute approximate surface area is 176 Å². The Morgan fingerprint density at radius 3 is 1.90 bits per heavy atom. The number of phenolic OH excluding ortho intramolecular Hbond substituents is 1. The first kappa shape index (κ1) is 24.5. The third kappa shape index (κ3) is 12.5. The molecule has 0 bridgehead atoms. The number of carbonyl (C=O) groups is 1. The predicted molar refractivity (Wildman–Crippen MR) is 124 cm³/mol. The summed E-state index contributed by atoms with van der Waals surface area (Å²) in [5.74, 6) is -0.453. The molecule has 1 aromatic rings. The minimum atomic E-state index is -0.327. The first-order valence-corrected chi connectivity index (χ1v) is 10.8. The van der Waals surface area contributed by atoms with E-state index in [1.54, 1.807) is 24.3 Å². The van der Waals surface area contributed by atoms with E-state index in [0.717, 1.165) is 31.2 Å². The highest BCUT2D eigenvalue weighted by Crippen LogP contribution is 2.23. The molecule has 1 unspecified atom stereocenters. The number of primary amides is 1. The van der Waals surface area contributed by atoms with Gasteiger partial charge in [-0.25, -0.2) is 0 Å². The molecule has 29 heavy (non-hydrogen) atoms. The van der Waals surface area contributed by atoms with E-state index in [1.165, 1.54) is 25.7 Å². The van der Waals surface area contributed by atoms with Crippen molar-refractivity contribution in [2.24, 2.45) is 5.73 Å². The zero-order valence-electron chi connectivity index (χ0n) is 17.8. The second-order valence-electron chi connectivity index (χ2n) is 7.21. The molecule has 0 radical (unpaired) electrons. The van der Waals surface area contributed by atoms with Crippen molar-refractivity contribution in [2.45, 2.75) is 70.6 Å². The molecular weight excluding hydrogens is 358 g/mol. The van der Waals surface area contributed by atoms with Crippen molar-refractivity contribution in [3.05, 3.63) is 78.4 Å². The van der Waals surface area contributed by atoms with Crippen molar-refractivity contribution < 1.29 is 9.90 Å². The van der Waals surface area contributed by atoms with Gasteiger partial charge in [0.15, 0.2) is 0 Å². The molecule has 158 valence electrons. The van der Waals surface area contributed by atoms with Crippen LogP contribution in [0.25, 0.3) is 0 Å². The van der Waals surface area contributed by atoms with Crippen LogP contribution in [0.15, 0.2) is 72.9 Å². The van der Waals surface area contributed by atoms with Crippen LogP contribution < -0.4 is 5.73 Å². The standard InChI is InChI=1S/C26H37NO2/c1-2-3-4-5-6-7-8-9-10-11-12-13-14-15-16-17-18-25(26(27)29)23-19-21-24(28)22-20-23/h6-7,9-10,12-13,15-16,19-22,25,28H,2-5,8,11,14,17-18H2,1H3,(H2,27,29). The maximum absolute atomic E-state index is 11.7. The monoisotopic (exact) mass is 395 g/mol. The zero-order chi connectivity index (χ0) is 21.2. The van der Waals surface area contributed by atoms with E-state index in [9.17, 15) is 9.90 Å². The van der Waals surface area contributed by atoms with Crippen molar-refractivity contribution in [1.82, 2.24) is 0 Å². The third-order valence-electron chi connectivity index (χ3n) is 4.72. The number of nitrogens with two attached hydrogens (primary N) is 1. The van der Waals surface area contributed by atoms with Crippen molar-refractivity contribution in [1.29, 1.82) is 0 Å². The molecule has 0 aliphatic heterocycles. The summed E-state index contributed by atoms with van der Waals surface area (Å²) in [6, 6.07) is 6.69. The number of aromatic hydroxyl groups is 1. The van der Waals surface area contributed by atoms with Crippen LogP contribution >= 0.6 is 0 Å². The van der Waals surface area contributed by atoms with Gasteiger partial charge >= 0.3 is 0 Å².